The summed E-state index contributed by atoms with van der Waals surface area (Å²) in [4.78, 5) is 12.3. The highest BCUT2D eigenvalue weighted by Gasteiger charge is 2.14. The molecule has 0 radical (unpaired) electrons. The Labute approximate surface area is 153 Å². The van der Waals surface area contributed by atoms with Crippen molar-refractivity contribution < 1.29 is 14.3 Å². The van der Waals surface area contributed by atoms with Crippen molar-refractivity contribution in [3.8, 4) is 11.5 Å². The first-order chi connectivity index (χ1) is 12.0. The van der Waals surface area contributed by atoms with E-state index in [1.54, 1.807) is 26.0 Å². The molecule has 1 atom stereocenters. The van der Waals surface area contributed by atoms with E-state index in [0.717, 1.165) is 11.3 Å². The van der Waals surface area contributed by atoms with E-state index in [0.29, 0.717) is 18.0 Å². The number of hydrogen-bond donors (Lipinski definition) is 1. The van der Waals surface area contributed by atoms with Gasteiger partial charge < -0.3 is 14.8 Å². The van der Waals surface area contributed by atoms with Gasteiger partial charge in [-0.2, -0.15) is 0 Å². The lowest BCUT2D eigenvalue weighted by molar-refractivity contribution is -0.120. The molecule has 1 N–H and O–H groups in total. The molecule has 134 valence electrons. The van der Waals surface area contributed by atoms with Gasteiger partial charge in [-0.25, -0.2) is 0 Å². The van der Waals surface area contributed by atoms with E-state index >= 15 is 0 Å². The molecule has 0 saturated carbocycles. The number of carbonyl (C=O) groups excluding carboxylic acids is 1. The van der Waals surface area contributed by atoms with E-state index < -0.39 is 0 Å². The van der Waals surface area contributed by atoms with Crippen molar-refractivity contribution in [2.75, 3.05) is 14.2 Å². The van der Waals surface area contributed by atoms with Gasteiger partial charge in [-0.3, -0.25) is 4.79 Å². The zero-order chi connectivity index (χ0) is 18.2. The molecule has 0 fully saturated rings. The highest BCUT2D eigenvalue weighted by atomic mass is 32.2. The Bertz CT molecular complexity index is 718. The Kier molecular flexibility index (Phi) is 7.19. The van der Waals surface area contributed by atoms with Crippen molar-refractivity contribution in [3.63, 3.8) is 0 Å². The third kappa shape index (κ3) is 5.43. The fraction of sp³-hybridized carbons (Fsp3) is 0.350. The van der Waals surface area contributed by atoms with E-state index in [1.807, 2.05) is 37.3 Å². The largest absolute Gasteiger partial charge is 0.493 e. The summed E-state index contributed by atoms with van der Waals surface area (Å²) >= 11 is 1.64. The highest BCUT2D eigenvalue weighted by molar-refractivity contribution is 7.99. The topological polar surface area (TPSA) is 47.6 Å². The Balaban J connectivity index is 1.86. The van der Waals surface area contributed by atoms with Gasteiger partial charge in [0.05, 0.1) is 19.5 Å². The van der Waals surface area contributed by atoms with Crippen molar-refractivity contribution in [1.82, 2.24) is 5.32 Å². The number of methoxy groups -OCH3 is 2. The van der Waals surface area contributed by atoms with Crippen LogP contribution in [0.1, 0.15) is 23.6 Å². The van der Waals surface area contributed by atoms with Gasteiger partial charge in [-0.15, -0.1) is 11.8 Å². The van der Waals surface area contributed by atoms with Crippen LogP contribution in [0.2, 0.25) is 0 Å². The molecule has 2 aromatic rings. The minimum absolute atomic E-state index is 0.0355. The van der Waals surface area contributed by atoms with Crippen LogP contribution in [0, 0.1) is 6.92 Å². The van der Waals surface area contributed by atoms with Gasteiger partial charge in [-0.05, 0) is 42.7 Å². The van der Waals surface area contributed by atoms with Crippen LogP contribution in [-0.2, 0) is 17.1 Å². The number of nitrogens with one attached hydrogen (secondary N) is 1. The van der Waals surface area contributed by atoms with Crippen LogP contribution in [0.15, 0.2) is 42.5 Å². The molecule has 2 rings (SSSR count). The van der Waals surface area contributed by atoms with E-state index in [1.165, 1.54) is 11.1 Å². The molecule has 0 saturated heterocycles. The Morgan fingerprint density at radius 1 is 1.12 bits per heavy atom. The summed E-state index contributed by atoms with van der Waals surface area (Å²) in [6.07, 6.45) is 0. The first-order valence-electron chi connectivity index (χ1n) is 8.20. The highest BCUT2D eigenvalue weighted by Crippen LogP contribution is 2.27. The number of amides is 1. The lowest BCUT2D eigenvalue weighted by Crippen LogP contribution is -2.30. The summed E-state index contributed by atoms with van der Waals surface area (Å²) in [6, 6.07) is 13.9. The number of carbonyl (C=O) groups is 1. The maximum absolute atomic E-state index is 12.3. The summed E-state index contributed by atoms with van der Waals surface area (Å²) in [7, 11) is 3.21. The predicted octanol–water partition coefficient (Wildman–Crippen LogP) is 3.95. The maximum atomic E-state index is 12.3. The van der Waals surface area contributed by atoms with Gasteiger partial charge in [0.2, 0.25) is 5.91 Å². The second-order valence-corrected chi connectivity index (χ2v) is 7.12. The van der Waals surface area contributed by atoms with Crippen LogP contribution in [0.5, 0.6) is 11.5 Å². The molecule has 1 unspecified atom stereocenters. The number of aryl methyl sites for hydroxylation is 1. The van der Waals surface area contributed by atoms with E-state index in [2.05, 4.69) is 24.4 Å². The van der Waals surface area contributed by atoms with E-state index in [4.69, 9.17) is 9.47 Å². The van der Waals surface area contributed by atoms with Gasteiger partial charge in [-0.1, -0.05) is 30.3 Å². The number of benzene rings is 2. The number of ether oxygens (including phenoxy) is 2. The first kappa shape index (κ1) is 19.2. The second kappa shape index (κ2) is 9.37. The number of thioether (sulfide) groups is 1. The van der Waals surface area contributed by atoms with Crippen LogP contribution in [0.4, 0.5) is 0 Å². The van der Waals surface area contributed by atoms with E-state index in [9.17, 15) is 4.79 Å². The van der Waals surface area contributed by atoms with Crippen molar-refractivity contribution >= 4 is 17.7 Å². The molecular weight excluding hydrogens is 334 g/mol. The molecule has 0 heterocycles. The van der Waals surface area contributed by atoms with Gasteiger partial charge in [0.15, 0.2) is 11.5 Å². The third-order valence-electron chi connectivity index (χ3n) is 4.03. The molecule has 25 heavy (non-hydrogen) atoms. The van der Waals surface area contributed by atoms with E-state index in [-0.39, 0.29) is 11.2 Å². The van der Waals surface area contributed by atoms with Gasteiger partial charge in [0.1, 0.15) is 0 Å². The Hall–Kier alpha value is -2.14. The summed E-state index contributed by atoms with van der Waals surface area (Å²) in [6.45, 7) is 4.50. The van der Waals surface area contributed by atoms with Crippen LogP contribution < -0.4 is 14.8 Å². The Morgan fingerprint density at radius 2 is 1.84 bits per heavy atom. The smallest absolute Gasteiger partial charge is 0.233 e. The zero-order valence-electron chi connectivity index (χ0n) is 15.2. The maximum Gasteiger partial charge on any atom is 0.233 e. The number of rotatable bonds is 8. The molecule has 0 aliphatic carbocycles. The summed E-state index contributed by atoms with van der Waals surface area (Å²) < 4.78 is 10.5. The predicted molar refractivity (Wildman–Crippen MR) is 103 cm³/mol. The minimum Gasteiger partial charge on any atom is -0.493 e. The van der Waals surface area contributed by atoms with Crippen molar-refractivity contribution in [3.05, 3.63) is 59.2 Å². The second-order valence-electron chi connectivity index (χ2n) is 5.79. The molecule has 5 heteroatoms. The standard InChI is InChI=1S/C20H25NO3S/c1-14-7-5-6-8-17(14)13-25-15(2)20(22)21-12-16-9-10-18(23-3)19(11-16)24-4/h5-11,15H,12-13H2,1-4H3,(H,21,22). The molecule has 0 aromatic heterocycles. The summed E-state index contributed by atoms with van der Waals surface area (Å²) in [5, 5.41) is 2.87. The third-order valence-corrected chi connectivity index (χ3v) is 5.23. The average Bonchev–Trinajstić information content (AvgIpc) is 2.64. The van der Waals surface area contributed by atoms with Crippen LogP contribution in [0.25, 0.3) is 0 Å². The molecular formula is C20H25NO3S. The molecule has 1 amide bonds. The Morgan fingerprint density at radius 3 is 2.52 bits per heavy atom. The molecule has 0 spiro atoms. The fourth-order valence-corrected chi connectivity index (χ4v) is 3.37. The summed E-state index contributed by atoms with van der Waals surface area (Å²) in [5.74, 6) is 2.21. The van der Waals surface area contributed by atoms with Gasteiger partial charge in [0, 0.05) is 12.3 Å². The quantitative estimate of drug-likeness (QED) is 0.775. The molecule has 2 aromatic carbocycles. The lowest BCUT2D eigenvalue weighted by Gasteiger charge is -2.14. The van der Waals surface area contributed by atoms with Crippen molar-refractivity contribution in [2.24, 2.45) is 0 Å². The molecule has 0 bridgehead atoms. The van der Waals surface area contributed by atoms with Crippen molar-refractivity contribution in [1.29, 1.82) is 0 Å². The molecule has 0 aliphatic rings. The molecule has 4 nitrogen and oxygen atoms in total. The average molecular weight is 359 g/mol. The molecule has 0 aliphatic heterocycles. The zero-order valence-corrected chi connectivity index (χ0v) is 16.0. The normalized spacial score (nSPS) is 11.7. The van der Waals surface area contributed by atoms with Gasteiger partial charge >= 0.3 is 0 Å². The van der Waals surface area contributed by atoms with Crippen molar-refractivity contribution in [2.45, 2.75) is 31.4 Å². The van der Waals surface area contributed by atoms with Crippen LogP contribution in [-0.4, -0.2) is 25.4 Å². The van der Waals surface area contributed by atoms with Gasteiger partial charge in [0.25, 0.3) is 0 Å². The minimum atomic E-state index is -0.111. The summed E-state index contributed by atoms with van der Waals surface area (Å²) in [5.41, 5.74) is 3.50. The number of hydrogen-bond acceptors (Lipinski definition) is 4. The lowest BCUT2D eigenvalue weighted by atomic mass is 10.1. The first-order valence-corrected chi connectivity index (χ1v) is 9.24. The van der Waals surface area contributed by atoms with Crippen LogP contribution >= 0.6 is 11.8 Å². The monoisotopic (exact) mass is 359 g/mol. The van der Waals surface area contributed by atoms with Crippen LogP contribution in [0.3, 0.4) is 0 Å². The fourth-order valence-electron chi connectivity index (χ4n) is 2.39. The SMILES string of the molecule is COc1ccc(CNC(=O)C(C)SCc2ccccc2C)cc1OC.